The second-order valence-corrected chi connectivity index (χ2v) is 4.57. The van der Waals surface area contributed by atoms with Crippen LogP contribution in [-0.4, -0.2) is 19.1 Å². The number of rotatable bonds is 6. The largest absolute Gasteiger partial charge is 0.493 e. The molecule has 4 nitrogen and oxygen atoms in total. The van der Waals surface area contributed by atoms with Gasteiger partial charge in [0.1, 0.15) is 5.75 Å². The summed E-state index contributed by atoms with van der Waals surface area (Å²) in [6.45, 7) is 1.44. The molecule has 1 aliphatic heterocycles. The Morgan fingerprint density at radius 2 is 2.22 bits per heavy atom. The fraction of sp³-hybridized carbons (Fsp3) is 0.500. The number of benzene rings is 1. The van der Waals surface area contributed by atoms with Crippen LogP contribution in [0.2, 0.25) is 0 Å². The summed E-state index contributed by atoms with van der Waals surface area (Å²) in [4.78, 5) is 11.7. The molecule has 18 heavy (non-hydrogen) atoms. The molecule has 0 spiro atoms. The molecule has 1 aliphatic rings. The Hall–Kier alpha value is -1.55. The van der Waals surface area contributed by atoms with E-state index in [0.717, 1.165) is 43.7 Å². The van der Waals surface area contributed by atoms with Crippen LogP contribution in [0.1, 0.15) is 31.2 Å². The highest BCUT2D eigenvalue weighted by atomic mass is 16.5. The second kappa shape index (κ2) is 6.40. The van der Waals surface area contributed by atoms with E-state index in [-0.39, 0.29) is 5.91 Å². The van der Waals surface area contributed by atoms with Gasteiger partial charge in [0, 0.05) is 18.5 Å². The molecule has 0 fully saturated rings. The molecule has 98 valence electrons. The standard InChI is InChI=1S/C14H20N2O2/c15-8-3-1-2-4-14(17)16-12-5-6-13-11(10-12)7-9-18-13/h5-6,10H,1-4,7-9,15H2,(H,16,17). The van der Waals surface area contributed by atoms with E-state index in [2.05, 4.69) is 5.32 Å². The van der Waals surface area contributed by atoms with Crippen molar-refractivity contribution >= 4 is 11.6 Å². The summed E-state index contributed by atoms with van der Waals surface area (Å²) in [5, 5.41) is 2.92. The minimum Gasteiger partial charge on any atom is -0.493 e. The highest BCUT2D eigenvalue weighted by molar-refractivity contribution is 5.90. The molecule has 4 heteroatoms. The lowest BCUT2D eigenvalue weighted by atomic mass is 10.1. The molecule has 0 aromatic heterocycles. The Morgan fingerprint density at radius 3 is 3.06 bits per heavy atom. The minimum atomic E-state index is 0.0749. The number of amides is 1. The summed E-state index contributed by atoms with van der Waals surface area (Å²) in [5.41, 5.74) is 7.45. The van der Waals surface area contributed by atoms with Gasteiger partial charge >= 0.3 is 0 Å². The van der Waals surface area contributed by atoms with Crippen LogP contribution in [0.15, 0.2) is 18.2 Å². The fourth-order valence-corrected chi connectivity index (χ4v) is 2.09. The number of anilines is 1. The van der Waals surface area contributed by atoms with Crippen LogP contribution in [0.3, 0.4) is 0 Å². The number of ether oxygens (including phenoxy) is 1. The van der Waals surface area contributed by atoms with Crippen molar-refractivity contribution in [3.8, 4) is 5.75 Å². The second-order valence-electron chi connectivity index (χ2n) is 4.57. The zero-order valence-corrected chi connectivity index (χ0v) is 10.6. The SMILES string of the molecule is NCCCCCC(=O)Nc1ccc2c(c1)CCO2. The lowest BCUT2D eigenvalue weighted by molar-refractivity contribution is -0.116. The molecule has 0 bridgehead atoms. The number of unbranched alkanes of at least 4 members (excludes halogenated alkanes) is 2. The lowest BCUT2D eigenvalue weighted by Gasteiger charge is -2.06. The summed E-state index contributed by atoms with van der Waals surface area (Å²) in [6, 6.07) is 5.81. The number of carbonyl (C=O) groups is 1. The maximum absolute atomic E-state index is 11.7. The van der Waals surface area contributed by atoms with Gasteiger partial charge in [-0.1, -0.05) is 6.42 Å². The van der Waals surface area contributed by atoms with Crippen molar-refractivity contribution in [1.82, 2.24) is 0 Å². The van der Waals surface area contributed by atoms with Crippen LogP contribution in [0.5, 0.6) is 5.75 Å². The molecule has 0 saturated carbocycles. The van der Waals surface area contributed by atoms with Crippen LogP contribution in [-0.2, 0) is 11.2 Å². The van der Waals surface area contributed by atoms with Crippen molar-refractivity contribution in [3.63, 3.8) is 0 Å². The van der Waals surface area contributed by atoms with Gasteiger partial charge in [0.15, 0.2) is 0 Å². The van der Waals surface area contributed by atoms with Gasteiger partial charge in [-0.2, -0.15) is 0 Å². The highest BCUT2D eigenvalue weighted by Gasteiger charge is 2.12. The normalized spacial score (nSPS) is 12.9. The molecule has 1 amide bonds. The number of hydrogen-bond donors (Lipinski definition) is 2. The third-order valence-corrected chi connectivity index (χ3v) is 3.08. The van der Waals surface area contributed by atoms with E-state index in [9.17, 15) is 4.79 Å². The maximum Gasteiger partial charge on any atom is 0.224 e. The predicted molar refractivity (Wildman–Crippen MR) is 71.8 cm³/mol. The van der Waals surface area contributed by atoms with Crippen molar-refractivity contribution in [2.75, 3.05) is 18.5 Å². The first-order valence-electron chi connectivity index (χ1n) is 6.55. The van der Waals surface area contributed by atoms with Crippen LogP contribution < -0.4 is 15.8 Å². The summed E-state index contributed by atoms with van der Waals surface area (Å²) in [7, 11) is 0. The molecule has 0 atom stereocenters. The van der Waals surface area contributed by atoms with E-state index in [0.29, 0.717) is 13.0 Å². The smallest absolute Gasteiger partial charge is 0.224 e. The van der Waals surface area contributed by atoms with E-state index in [1.165, 1.54) is 5.56 Å². The minimum absolute atomic E-state index is 0.0749. The van der Waals surface area contributed by atoms with E-state index >= 15 is 0 Å². The summed E-state index contributed by atoms with van der Waals surface area (Å²) < 4.78 is 5.43. The van der Waals surface area contributed by atoms with Gasteiger partial charge in [0.2, 0.25) is 5.91 Å². The highest BCUT2D eigenvalue weighted by Crippen LogP contribution is 2.27. The Bertz CT molecular complexity index is 418. The molecule has 0 unspecified atom stereocenters. The van der Waals surface area contributed by atoms with Gasteiger partial charge in [-0.15, -0.1) is 0 Å². The molecule has 1 aromatic carbocycles. The first-order chi connectivity index (χ1) is 8.79. The third-order valence-electron chi connectivity index (χ3n) is 3.08. The summed E-state index contributed by atoms with van der Waals surface area (Å²) in [5.74, 6) is 1.02. The van der Waals surface area contributed by atoms with Crippen molar-refractivity contribution in [1.29, 1.82) is 0 Å². The Kier molecular flexibility index (Phi) is 4.59. The van der Waals surface area contributed by atoms with Crippen LogP contribution >= 0.6 is 0 Å². The van der Waals surface area contributed by atoms with E-state index in [1.807, 2.05) is 18.2 Å². The van der Waals surface area contributed by atoms with Gasteiger partial charge < -0.3 is 15.8 Å². The predicted octanol–water partition coefficient (Wildman–Crippen LogP) is 2.08. The molecule has 0 saturated heterocycles. The third kappa shape index (κ3) is 3.47. The molecular formula is C14H20N2O2. The van der Waals surface area contributed by atoms with E-state index in [1.54, 1.807) is 0 Å². The average Bonchev–Trinajstić information content (AvgIpc) is 2.82. The zero-order chi connectivity index (χ0) is 12.8. The zero-order valence-electron chi connectivity index (χ0n) is 10.6. The van der Waals surface area contributed by atoms with Crippen molar-refractivity contribution in [3.05, 3.63) is 23.8 Å². The maximum atomic E-state index is 11.7. The Balaban J connectivity index is 1.80. The average molecular weight is 248 g/mol. The van der Waals surface area contributed by atoms with Crippen molar-refractivity contribution in [2.24, 2.45) is 5.73 Å². The number of carbonyl (C=O) groups excluding carboxylic acids is 1. The van der Waals surface area contributed by atoms with Crippen LogP contribution in [0.4, 0.5) is 5.69 Å². The van der Waals surface area contributed by atoms with Gasteiger partial charge in [0.25, 0.3) is 0 Å². The topological polar surface area (TPSA) is 64.4 Å². The fourth-order valence-electron chi connectivity index (χ4n) is 2.09. The number of nitrogens with one attached hydrogen (secondary N) is 1. The van der Waals surface area contributed by atoms with Gasteiger partial charge in [-0.05, 0) is 43.1 Å². The quantitative estimate of drug-likeness (QED) is 0.757. The molecule has 0 aliphatic carbocycles. The van der Waals surface area contributed by atoms with Crippen molar-refractivity contribution in [2.45, 2.75) is 32.1 Å². The van der Waals surface area contributed by atoms with Crippen molar-refractivity contribution < 1.29 is 9.53 Å². The number of fused-ring (bicyclic) bond motifs is 1. The molecule has 1 heterocycles. The number of hydrogen-bond acceptors (Lipinski definition) is 3. The first-order valence-corrected chi connectivity index (χ1v) is 6.55. The Morgan fingerprint density at radius 1 is 1.33 bits per heavy atom. The van der Waals surface area contributed by atoms with Crippen LogP contribution in [0, 0.1) is 0 Å². The molecule has 2 rings (SSSR count). The molecule has 3 N–H and O–H groups in total. The lowest BCUT2D eigenvalue weighted by Crippen LogP contribution is -2.11. The molecule has 1 aromatic rings. The Labute approximate surface area is 108 Å². The van der Waals surface area contributed by atoms with Gasteiger partial charge in [-0.25, -0.2) is 0 Å². The number of nitrogens with two attached hydrogens (primary N) is 1. The van der Waals surface area contributed by atoms with Crippen LogP contribution in [0.25, 0.3) is 0 Å². The molecular weight excluding hydrogens is 228 g/mol. The first kappa shape index (κ1) is 12.9. The van der Waals surface area contributed by atoms with E-state index in [4.69, 9.17) is 10.5 Å². The van der Waals surface area contributed by atoms with Gasteiger partial charge in [0.05, 0.1) is 6.61 Å². The monoisotopic (exact) mass is 248 g/mol. The van der Waals surface area contributed by atoms with Gasteiger partial charge in [-0.3, -0.25) is 4.79 Å². The van der Waals surface area contributed by atoms with E-state index < -0.39 is 0 Å². The molecule has 0 radical (unpaired) electrons. The summed E-state index contributed by atoms with van der Waals surface area (Å²) in [6.07, 6.45) is 4.39. The summed E-state index contributed by atoms with van der Waals surface area (Å²) >= 11 is 0.